The van der Waals surface area contributed by atoms with Crippen LogP contribution in [0.5, 0.6) is 0 Å². The van der Waals surface area contributed by atoms with Crippen LogP contribution >= 0.6 is 23.1 Å². The van der Waals surface area contributed by atoms with Crippen molar-refractivity contribution in [2.75, 3.05) is 11.1 Å². The van der Waals surface area contributed by atoms with E-state index in [0.29, 0.717) is 15.4 Å². The molecule has 7 heteroatoms. The van der Waals surface area contributed by atoms with E-state index in [-0.39, 0.29) is 17.2 Å². The quantitative estimate of drug-likeness (QED) is 0.318. The molecule has 4 aromatic rings. The molecule has 158 valence electrons. The van der Waals surface area contributed by atoms with Gasteiger partial charge in [0.25, 0.3) is 5.56 Å². The lowest BCUT2D eigenvalue weighted by Gasteiger charge is -2.12. The van der Waals surface area contributed by atoms with E-state index in [1.807, 2.05) is 68.4 Å². The van der Waals surface area contributed by atoms with Crippen molar-refractivity contribution in [3.05, 3.63) is 81.0 Å². The maximum Gasteiger partial charge on any atom is 0.267 e. The van der Waals surface area contributed by atoms with Crippen molar-refractivity contribution in [3.63, 3.8) is 0 Å². The molecule has 0 unspecified atom stereocenters. The van der Waals surface area contributed by atoms with Gasteiger partial charge in [-0.05, 0) is 50.1 Å². The molecular weight excluding hydrogens is 426 g/mol. The van der Waals surface area contributed by atoms with Gasteiger partial charge in [0.15, 0.2) is 5.16 Å². The summed E-state index contributed by atoms with van der Waals surface area (Å²) in [7, 11) is 0. The Bertz CT molecular complexity index is 1310. The van der Waals surface area contributed by atoms with Gasteiger partial charge in [-0.3, -0.25) is 14.2 Å². The Hall–Kier alpha value is -2.90. The first-order valence-electron chi connectivity index (χ1n) is 10.1. The van der Waals surface area contributed by atoms with Crippen molar-refractivity contribution in [2.24, 2.45) is 0 Å². The fourth-order valence-corrected chi connectivity index (χ4v) is 5.18. The van der Waals surface area contributed by atoms with E-state index in [1.54, 1.807) is 4.57 Å². The molecule has 0 aliphatic carbocycles. The predicted octanol–water partition coefficient (Wildman–Crippen LogP) is 5.36. The third-order valence-corrected chi connectivity index (χ3v) is 7.05. The Balaban J connectivity index is 1.66. The van der Waals surface area contributed by atoms with Crippen LogP contribution in [0.25, 0.3) is 15.9 Å². The zero-order valence-electron chi connectivity index (χ0n) is 17.6. The Morgan fingerprint density at radius 3 is 2.61 bits per heavy atom. The van der Waals surface area contributed by atoms with Crippen LogP contribution in [0.3, 0.4) is 0 Å². The minimum Gasteiger partial charge on any atom is -0.325 e. The van der Waals surface area contributed by atoms with Gasteiger partial charge in [-0.1, -0.05) is 54.6 Å². The standard InChI is InChI=1S/C24H23N3O2S2/c1-4-18-13-19-22(31-18)26-24(27(23(19)29)17-8-6-5-7-9-17)30-14-21(28)25-20-11-10-15(2)12-16(20)3/h5-13H,4,14H2,1-3H3,(H,25,28). The number of carbonyl (C=O) groups is 1. The molecular formula is C24H23N3O2S2. The number of hydrogen-bond acceptors (Lipinski definition) is 5. The predicted molar refractivity (Wildman–Crippen MR) is 130 cm³/mol. The monoisotopic (exact) mass is 449 g/mol. The molecule has 0 atom stereocenters. The Morgan fingerprint density at radius 1 is 1.13 bits per heavy atom. The first-order chi connectivity index (χ1) is 15.0. The number of rotatable bonds is 6. The van der Waals surface area contributed by atoms with Gasteiger partial charge in [0.05, 0.1) is 16.8 Å². The summed E-state index contributed by atoms with van der Waals surface area (Å²) in [5, 5.41) is 4.10. The van der Waals surface area contributed by atoms with Crippen LogP contribution in [0.1, 0.15) is 22.9 Å². The molecule has 1 amide bonds. The van der Waals surface area contributed by atoms with Crippen molar-refractivity contribution >= 4 is 44.9 Å². The van der Waals surface area contributed by atoms with Gasteiger partial charge in [0.1, 0.15) is 4.83 Å². The minimum absolute atomic E-state index is 0.107. The second-order valence-electron chi connectivity index (χ2n) is 7.31. The lowest BCUT2D eigenvalue weighted by Crippen LogP contribution is -2.22. The Kier molecular flexibility index (Phi) is 6.25. The van der Waals surface area contributed by atoms with Gasteiger partial charge in [0, 0.05) is 10.6 Å². The molecule has 0 aliphatic rings. The van der Waals surface area contributed by atoms with Crippen molar-refractivity contribution in [1.29, 1.82) is 0 Å². The van der Waals surface area contributed by atoms with E-state index < -0.39 is 0 Å². The number of fused-ring (bicyclic) bond motifs is 1. The third kappa shape index (κ3) is 4.57. The van der Waals surface area contributed by atoms with Gasteiger partial charge < -0.3 is 5.32 Å². The molecule has 0 aliphatic heterocycles. The summed E-state index contributed by atoms with van der Waals surface area (Å²) in [6.07, 6.45) is 0.854. The Labute approximate surface area is 189 Å². The highest BCUT2D eigenvalue weighted by molar-refractivity contribution is 7.99. The fraction of sp³-hybridized carbons (Fsp3) is 0.208. The van der Waals surface area contributed by atoms with E-state index in [0.717, 1.165) is 33.8 Å². The summed E-state index contributed by atoms with van der Waals surface area (Å²) in [6.45, 7) is 6.06. The first-order valence-corrected chi connectivity index (χ1v) is 11.9. The zero-order valence-corrected chi connectivity index (χ0v) is 19.3. The highest BCUT2D eigenvalue weighted by Crippen LogP contribution is 2.27. The highest BCUT2D eigenvalue weighted by Gasteiger charge is 2.17. The molecule has 0 spiro atoms. The third-order valence-electron chi connectivity index (χ3n) is 4.94. The smallest absolute Gasteiger partial charge is 0.267 e. The number of carbonyl (C=O) groups excluding carboxylic acids is 1. The lowest BCUT2D eigenvalue weighted by atomic mass is 10.1. The molecule has 0 fully saturated rings. The molecule has 0 saturated heterocycles. The number of aromatic nitrogens is 2. The van der Waals surface area contributed by atoms with Crippen LogP contribution in [-0.4, -0.2) is 21.2 Å². The number of hydrogen-bond donors (Lipinski definition) is 1. The van der Waals surface area contributed by atoms with E-state index in [9.17, 15) is 9.59 Å². The second kappa shape index (κ2) is 9.08. The van der Waals surface area contributed by atoms with Gasteiger partial charge in [-0.25, -0.2) is 4.98 Å². The van der Waals surface area contributed by atoms with Crippen LogP contribution in [0, 0.1) is 13.8 Å². The first kappa shape index (κ1) is 21.3. The summed E-state index contributed by atoms with van der Waals surface area (Å²) in [6, 6.07) is 17.3. The summed E-state index contributed by atoms with van der Waals surface area (Å²) >= 11 is 2.80. The topological polar surface area (TPSA) is 64.0 Å². The molecule has 2 aromatic heterocycles. The van der Waals surface area contributed by atoms with Gasteiger partial charge >= 0.3 is 0 Å². The van der Waals surface area contributed by atoms with Gasteiger partial charge in [-0.15, -0.1) is 11.3 Å². The average molecular weight is 450 g/mol. The van der Waals surface area contributed by atoms with Crippen molar-refractivity contribution in [1.82, 2.24) is 9.55 Å². The van der Waals surface area contributed by atoms with Crippen LogP contribution in [0.2, 0.25) is 0 Å². The normalized spacial score (nSPS) is 11.1. The van der Waals surface area contributed by atoms with E-state index in [4.69, 9.17) is 4.98 Å². The van der Waals surface area contributed by atoms with E-state index in [1.165, 1.54) is 23.1 Å². The number of thioether (sulfide) groups is 1. The number of aryl methyl sites for hydroxylation is 3. The number of thiophene rings is 1. The van der Waals surface area contributed by atoms with Crippen LogP contribution < -0.4 is 10.9 Å². The SMILES string of the molecule is CCc1cc2c(=O)n(-c3ccccc3)c(SCC(=O)Nc3ccc(C)cc3C)nc2s1. The number of benzene rings is 2. The molecule has 2 aromatic carbocycles. The van der Waals surface area contributed by atoms with Crippen molar-refractivity contribution in [3.8, 4) is 5.69 Å². The minimum atomic E-state index is -0.133. The molecule has 0 bridgehead atoms. The molecule has 4 rings (SSSR count). The number of para-hydroxylation sites is 1. The zero-order chi connectivity index (χ0) is 22.0. The summed E-state index contributed by atoms with van der Waals surface area (Å²) < 4.78 is 1.60. The van der Waals surface area contributed by atoms with Crippen molar-refractivity contribution in [2.45, 2.75) is 32.3 Å². The maximum absolute atomic E-state index is 13.3. The lowest BCUT2D eigenvalue weighted by molar-refractivity contribution is -0.113. The summed E-state index contributed by atoms with van der Waals surface area (Å²) in [4.78, 5) is 32.5. The van der Waals surface area contributed by atoms with Crippen molar-refractivity contribution < 1.29 is 4.79 Å². The number of nitrogens with zero attached hydrogens (tertiary/aromatic N) is 2. The largest absolute Gasteiger partial charge is 0.325 e. The van der Waals surface area contributed by atoms with E-state index in [2.05, 4.69) is 12.2 Å². The molecule has 0 saturated carbocycles. The molecule has 1 N–H and O–H groups in total. The molecule has 5 nitrogen and oxygen atoms in total. The van der Waals surface area contributed by atoms with Crippen LogP contribution in [0.4, 0.5) is 5.69 Å². The molecule has 0 radical (unpaired) electrons. The van der Waals surface area contributed by atoms with Gasteiger partial charge in [0.2, 0.25) is 5.91 Å². The van der Waals surface area contributed by atoms with Crippen LogP contribution in [0.15, 0.2) is 64.5 Å². The van der Waals surface area contributed by atoms with Crippen LogP contribution in [-0.2, 0) is 11.2 Å². The summed E-state index contributed by atoms with van der Waals surface area (Å²) in [5.74, 6) is 0.0238. The number of nitrogens with one attached hydrogen (secondary N) is 1. The van der Waals surface area contributed by atoms with E-state index >= 15 is 0 Å². The summed E-state index contributed by atoms with van der Waals surface area (Å²) in [5.41, 5.74) is 3.60. The number of anilines is 1. The molecule has 2 heterocycles. The maximum atomic E-state index is 13.3. The number of amides is 1. The Morgan fingerprint density at radius 2 is 1.90 bits per heavy atom. The highest BCUT2D eigenvalue weighted by atomic mass is 32.2. The average Bonchev–Trinajstić information content (AvgIpc) is 3.19. The second-order valence-corrected chi connectivity index (χ2v) is 9.37. The fourth-order valence-electron chi connectivity index (χ4n) is 3.36. The van der Waals surface area contributed by atoms with Gasteiger partial charge in [-0.2, -0.15) is 0 Å². The molecule has 31 heavy (non-hydrogen) atoms.